The monoisotopic (exact) mass is 314 g/mol. The van der Waals surface area contributed by atoms with E-state index in [1.807, 2.05) is 5.57 Å². The minimum absolute atomic E-state index is 0.579. The highest BCUT2D eigenvalue weighted by Crippen LogP contribution is 2.65. The number of rotatable bonds is 1. The van der Waals surface area contributed by atoms with Crippen molar-refractivity contribution in [1.29, 1.82) is 0 Å². The lowest BCUT2D eigenvalue weighted by Crippen LogP contribution is -2.48. The molecule has 0 bridgehead atoms. The molecule has 0 N–H and O–H groups in total. The zero-order valence-corrected chi connectivity index (χ0v) is 16.0. The molecule has 130 valence electrons. The molecule has 0 spiro atoms. The van der Waals surface area contributed by atoms with Gasteiger partial charge in [-0.3, -0.25) is 0 Å². The van der Waals surface area contributed by atoms with Gasteiger partial charge in [-0.05, 0) is 105 Å². The van der Waals surface area contributed by atoms with Crippen molar-refractivity contribution in [2.24, 2.45) is 40.4 Å². The zero-order chi connectivity index (χ0) is 16.2. The van der Waals surface area contributed by atoms with Gasteiger partial charge in [-0.2, -0.15) is 0 Å². The first kappa shape index (κ1) is 16.2. The lowest BCUT2D eigenvalue weighted by Gasteiger charge is -2.57. The first-order valence-corrected chi connectivity index (χ1v) is 10.7. The summed E-state index contributed by atoms with van der Waals surface area (Å²) in [7, 11) is 0. The first-order valence-electron chi connectivity index (χ1n) is 10.7. The van der Waals surface area contributed by atoms with E-state index in [2.05, 4.69) is 33.8 Å². The predicted molar refractivity (Wildman–Crippen MR) is 99.3 cm³/mol. The molecule has 23 heavy (non-hydrogen) atoms. The molecular formula is C23H38. The molecule has 0 nitrogen and oxygen atoms in total. The molecule has 4 aliphatic rings. The third-order valence-electron chi connectivity index (χ3n) is 9.40. The Kier molecular flexibility index (Phi) is 3.97. The number of hydrogen-bond acceptors (Lipinski definition) is 0. The normalized spacial score (nSPS) is 54.4. The van der Waals surface area contributed by atoms with Gasteiger partial charge in [0.05, 0.1) is 0 Å². The Balaban J connectivity index is 1.55. The molecule has 4 aliphatic carbocycles. The second-order valence-corrected chi connectivity index (χ2v) is 10.2. The highest BCUT2D eigenvalue weighted by atomic mass is 14.6. The molecule has 0 heterocycles. The minimum atomic E-state index is 0.579. The van der Waals surface area contributed by atoms with Crippen molar-refractivity contribution in [2.75, 3.05) is 0 Å². The molecule has 0 heteroatoms. The second kappa shape index (κ2) is 5.63. The molecule has 4 saturated carbocycles. The zero-order valence-electron chi connectivity index (χ0n) is 16.0. The third kappa shape index (κ3) is 2.37. The Hall–Kier alpha value is -0.260. The van der Waals surface area contributed by atoms with Gasteiger partial charge in [0.15, 0.2) is 0 Å². The lowest BCUT2D eigenvalue weighted by molar-refractivity contribution is -0.0619. The van der Waals surface area contributed by atoms with E-state index < -0.39 is 0 Å². The van der Waals surface area contributed by atoms with E-state index in [-0.39, 0.29) is 0 Å². The average molecular weight is 315 g/mol. The molecule has 0 radical (unpaired) electrons. The third-order valence-corrected chi connectivity index (χ3v) is 9.40. The fraction of sp³-hybridized carbons (Fsp3) is 0.913. The molecule has 0 aromatic heterocycles. The molecule has 0 amide bonds. The molecule has 0 unspecified atom stereocenters. The number of hydrogen-bond donors (Lipinski definition) is 0. The molecule has 0 aromatic rings. The summed E-state index contributed by atoms with van der Waals surface area (Å²) in [4.78, 5) is 0. The highest BCUT2D eigenvalue weighted by molar-refractivity contribution is 5.23. The molecule has 7 atom stereocenters. The predicted octanol–water partition coefficient (Wildman–Crippen LogP) is 7.00. The topological polar surface area (TPSA) is 0 Å². The van der Waals surface area contributed by atoms with E-state index in [1.54, 1.807) is 32.1 Å². The van der Waals surface area contributed by atoms with Crippen LogP contribution in [0.2, 0.25) is 0 Å². The van der Waals surface area contributed by atoms with Crippen molar-refractivity contribution in [3.63, 3.8) is 0 Å². The number of fused-ring (bicyclic) bond motifs is 5. The van der Waals surface area contributed by atoms with Crippen molar-refractivity contribution < 1.29 is 0 Å². The van der Waals surface area contributed by atoms with Crippen LogP contribution in [0.5, 0.6) is 0 Å². The maximum Gasteiger partial charge on any atom is -0.00853 e. The van der Waals surface area contributed by atoms with Crippen LogP contribution in [0.25, 0.3) is 0 Å². The van der Waals surface area contributed by atoms with Crippen LogP contribution >= 0.6 is 0 Å². The van der Waals surface area contributed by atoms with Crippen molar-refractivity contribution >= 4 is 0 Å². The Bertz CT molecular complexity index is 488. The fourth-order valence-corrected chi connectivity index (χ4v) is 7.83. The van der Waals surface area contributed by atoms with Crippen molar-refractivity contribution in [1.82, 2.24) is 0 Å². The summed E-state index contributed by atoms with van der Waals surface area (Å²) in [6, 6.07) is 0. The Labute approximate surface area is 144 Å². The minimum Gasteiger partial charge on any atom is -0.0879 e. The SMILES string of the molecule is C/C=C1/CC[C@H]2[C@@H]3CC[C@H]4C[C@](C)(CC)CC[C@@H]4[C@H]3CC[C@]12C. The van der Waals surface area contributed by atoms with Crippen LogP contribution in [0, 0.1) is 40.4 Å². The molecule has 0 aliphatic heterocycles. The fourth-order valence-electron chi connectivity index (χ4n) is 7.83. The van der Waals surface area contributed by atoms with E-state index in [0.717, 1.165) is 29.6 Å². The van der Waals surface area contributed by atoms with Crippen molar-refractivity contribution in [2.45, 2.75) is 91.9 Å². The molecule has 4 rings (SSSR count). The van der Waals surface area contributed by atoms with E-state index >= 15 is 0 Å². The van der Waals surface area contributed by atoms with E-state index in [9.17, 15) is 0 Å². The van der Waals surface area contributed by atoms with Crippen molar-refractivity contribution in [3.8, 4) is 0 Å². The highest BCUT2D eigenvalue weighted by Gasteiger charge is 2.55. The average Bonchev–Trinajstić information content (AvgIpc) is 2.90. The van der Waals surface area contributed by atoms with Gasteiger partial charge in [-0.25, -0.2) is 0 Å². The summed E-state index contributed by atoms with van der Waals surface area (Å²) in [6.07, 6.45) is 17.5. The largest absolute Gasteiger partial charge is 0.0879 e. The van der Waals surface area contributed by atoms with Crippen LogP contribution in [0.3, 0.4) is 0 Å². The summed E-state index contributed by atoms with van der Waals surface area (Å²) < 4.78 is 0. The Morgan fingerprint density at radius 3 is 2.48 bits per heavy atom. The summed E-state index contributed by atoms with van der Waals surface area (Å²) in [5.41, 5.74) is 3.06. The Morgan fingerprint density at radius 2 is 1.74 bits per heavy atom. The molecule has 4 fully saturated rings. The maximum absolute atomic E-state index is 2.62. The molecule has 0 saturated heterocycles. The van der Waals surface area contributed by atoms with Gasteiger partial charge in [0.1, 0.15) is 0 Å². The van der Waals surface area contributed by atoms with Crippen LogP contribution < -0.4 is 0 Å². The maximum atomic E-state index is 2.62. The standard InChI is InChI=1S/C23H38/c1-5-17-8-10-21-20-9-7-16-15-22(3,6-2)13-11-18(16)19(20)12-14-23(17,21)4/h5,16,18-21H,6-15H2,1-4H3/b17-5-/t16-,18-,19+,20+,21-,22+,23+/m0/s1. The van der Waals surface area contributed by atoms with Crippen LogP contribution in [-0.4, -0.2) is 0 Å². The van der Waals surface area contributed by atoms with Crippen LogP contribution in [0.4, 0.5) is 0 Å². The van der Waals surface area contributed by atoms with Gasteiger partial charge in [0.25, 0.3) is 0 Å². The molecular weight excluding hydrogens is 276 g/mol. The van der Waals surface area contributed by atoms with Gasteiger partial charge >= 0.3 is 0 Å². The van der Waals surface area contributed by atoms with Gasteiger partial charge < -0.3 is 0 Å². The summed E-state index contributed by atoms with van der Waals surface area (Å²) in [6.45, 7) is 9.91. The summed E-state index contributed by atoms with van der Waals surface area (Å²) in [5.74, 6) is 5.34. The number of allylic oxidation sites excluding steroid dienone is 2. The van der Waals surface area contributed by atoms with Crippen molar-refractivity contribution in [3.05, 3.63) is 11.6 Å². The lowest BCUT2D eigenvalue weighted by atomic mass is 9.48. The Morgan fingerprint density at radius 1 is 0.957 bits per heavy atom. The van der Waals surface area contributed by atoms with E-state index in [1.165, 1.54) is 32.1 Å². The summed E-state index contributed by atoms with van der Waals surface area (Å²) in [5, 5.41) is 0. The van der Waals surface area contributed by atoms with Gasteiger partial charge in [0.2, 0.25) is 0 Å². The quantitative estimate of drug-likeness (QED) is 0.457. The van der Waals surface area contributed by atoms with Crippen LogP contribution in [0.1, 0.15) is 91.9 Å². The smallest absolute Gasteiger partial charge is 0.00853 e. The van der Waals surface area contributed by atoms with Gasteiger partial charge in [-0.1, -0.05) is 38.8 Å². The summed E-state index contributed by atoms with van der Waals surface area (Å²) >= 11 is 0. The first-order chi connectivity index (χ1) is 11.0. The van der Waals surface area contributed by atoms with Crippen LogP contribution in [0.15, 0.2) is 11.6 Å². The molecule has 0 aromatic carbocycles. The van der Waals surface area contributed by atoms with E-state index in [4.69, 9.17) is 0 Å². The van der Waals surface area contributed by atoms with Gasteiger partial charge in [0, 0.05) is 0 Å². The van der Waals surface area contributed by atoms with E-state index in [0.29, 0.717) is 10.8 Å². The van der Waals surface area contributed by atoms with Crippen LogP contribution in [-0.2, 0) is 0 Å². The van der Waals surface area contributed by atoms with Gasteiger partial charge in [-0.15, -0.1) is 0 Å². The second-order valence-electron chi connectivity index (χ2n) is 10.2.